The van der Waals surface area contributed by atoms with E-state index in [1.807, 2.05) is 6.92 Å². The zero-order valence-electron chi connectivity index (χ0n) is 11.9. The second-order valence-corrected chi connectivity index (χ2v) is 7.28. The zero-order valence-corrected chi connectivity index (χ0v) is 14.3. The fraction of sp³-hybridized carbons (Fsp3) is 0.538. The number of halogens is 1. The third kappa shape index (κ3) is 4.44. The summed E-state index contributed by atoms with van der Waals surface area (Å²) in [6.45, 7) is 4.04. The third-order valence-electron chi connectivity index (χ3n) is 2.98. The van der Waals surface area contributed by atoms with E-state index < -0.39 is 10.0 Å². The van der Waals surface area contributed by atoms with Gasteiger partial charge in [-0.3, -0.25) is 0 Å². The first-order valence-electron chi connectivity index (χ1n) is 6.38. The minimum absolute atomic E-state index is 0.196. The molecule has 1 atom stereocenters. The predicted octanol–water partition coefficient (Wildman–Crippen LogP) is 2.43. The van der Waals surface area contributed by atoms with Crippen LogP contribution in [0, 0.1) is 6.92 Å². The first kappa shape index (κ1) is 17.4. The van der Waals surface area contributed by atoms with Gasteiger partial charge in [0.05, 0.1) is 11.5 Å². The molecule has 5 nitrogen and oxygen atoms in total. The number of rotatable bonds is 7. The molecule has 0 radical (unpaired) electrons. The number of hydrogen-bond donors (Lipinski definition) is 2. The van der Waals surface area contributed by atoms with E-state index in [1.165, 1.54) is 0 Å². The summed E-state index contributed by atoms with van der Waals surface area (Å²) in [5.41, 5.74) is 6.81. The Kier molecular flexibility index (Phi) is 6.44. The minimum Gasteiger partial charge on any atom is -0.398 e. The van der Waals surface area contributed by atoms with Gasteiger partial charge in [0.25, 0.3) is 0 Å². The van der Waals surface area contributed by atoms with Crippen molar-refractivity contribution in [2.45, 2.75) is 37.6 Å². The molecule has 0 saturated carbocycles. The highest BCUT2D eigenvalue weighted by atomic mass is 79.9. The van der Waals surface area contributed by atoms with Crippen LogP contribution < -0.4 is 10.5 Å². The SMILES string of the molecule is CCCC(COC)NS(=O)(=O)c1cc(Br)cc(N)c1C. The molecule has 7 heteroatoms. The van der Waals surface area contributed by atoms with Gasteiger partial charge in [-0.2, -0.15) is 0 Å². The normalized spacial score (nSPS) is 13.4. The lowest BCUT2D eigenvalue weighted by Gasteiger charge is -2.18. The molecule has 0 bridgehead atoms. The number of nitrogens with two attached hydrogens (primary N) is 1. The maximum absolute atomic E-state index is 12.5. The average molecular weight is 365 g/mol. The van der Waals surface area contributed by atoms with Crippen LogP contribution in [0.4, 0.5) is 5.69 Å². The van der Waals surface area contributed by atoms with Crippen LogP contribution in [0.1, 0.15) is 25.3 Å². The Balaban J connectivity index is 3.10. The summed E-state index contributed by atoms with van der Waals surface area (Å²) in [4.78, 5) is 0.196. The van der Waals surface area contributed by atoms with Gasteiger partial charge in [-0.25, -0.2) is 13.1 Å². The van der Waals surface area contributed by atoms with E-state index in [9.17, 15) is 8.42 Å². The molecule has 1 unspecified atom stereocenters. The molecular weight excluding hydrogens is 344 g/mol. The van der Waals surface area contributed by atoms with Crippen molar-refractivity contribution in [3.05, 3.63) is 22.2 Å². The van der Waals surface area contributed by atoms with Gasteiger partial charge in [0.15, 0.2) is 0 Å². The van der Waals surface area contributed by atoms with Gasteiger partial charge in [0.1, 0.15) is 0 Å². The summed E-state index contributed by atoms with van der Waals surface area (Å²) < 4.78 is 33.3. The second-order valence-electron chi connectivity index (χ2n) is 4.68. The quantitative estimate of drug-likeness (QED) is 0.728. The van der Waals surface area contributed by atoms with Crippen LogP contribution in [-0.2, 0) is 14.8 Å². The van der Waals surface area contributed by atoms with Crippen molar-refractivity contribution >= 4 is 31.6 Å². The Labute approximate surface area is 129 Å². The van der Waals surface area contributed by atoms with E-state index in [0.29, 0.717) is 22.3 Å². The molecule has 1 aromatic rings. The lowest BCUT2D eigenvalue weighted by molar-refractivity contribution is 0.171. The Bertz CT molecular complexity index is 555. The van der Waals surface area contributed by atoms with Crippen molar-refractivity contribution in [1.29, 1.82) is 0 Å². The fourth-order valence-corrected chi connectivity index (χ4v) is 4.14. The summed E-state index contributed by atoms with van der Waals surface area (Å²) in [5, 5.41) is 0. The van der Waals surface area contributed by atoms with E-state index in [4.69, 9.17) is 10.5 Å². The molecule has 0 aliphatic heterocycles. The van der Waals surface area contributed by atoms with Crippen LogP contribution in [0.3, 0.4) is 0 Å². The first-order valence-corrected chi connectivity index (χ1v) is 8.66. The monoisotopic (exact) mass is 364 g/mol. The molecular formula is C13H21BrN2O3S. The third-order valence-corrected chi connectivity index (χ3v) is 5.09. The summed E-state index contributed by atoms with van der Waals surface area (Å²) in [7, 11) is -2.06. The number of hydrogen-bond acceptors (Lipinski definition) is 4. The molecule has 0 spiro atoms. The molecule has 1 rings (SSSR count). The van der Waals surface area contributed by atoms with Crippen LogP contribution in [0.5, 0.6) is 0 Å². The number of nitrogens with one attached hydrogen (secondary N) is 1. The maximum Gasteiger partial charge on any atom is 0.241 e. The van der Waals surface area contributed by atoms with Crippen LogP contribution >= 0.6 is 15.9 Å². The Morgan fingerprint density at radius 2 is 2.10 bits per heavy atom. The predicted molar refractivity (Wildman–Crippen MR) is 84.2 cm³/mol. The van der Waals surface area contributed by atoms with Gasteiger partial charge in [-0.15, -0.1) is 0 Å². The summed E-state index contributed by atoms with van der Waals surface area (Å²) in [6.07, 6.45) is 1.59. The average Bonchev–Trinajstić information content (AvgIpc) is 2.33. The fourth-order valence-electron chi connectivity index (χ4n) is 1.96. The minimum atomic E-state index is -3.62. The van der Waals surface area contributed by atoms with Crippen molar-refractivity contribution in [1.82, 2.24) is 4.72 Å². The van der Waals surface area contributed by atoms with Crippen molar-refractivity contribution in [3.63, 3.8) is 0 Å². The molecule has 0 aromatic heterocycles. The van der Waals surface area contributed by atoms with Crippen LogP contribution in [0.15, 0.2) is 21.5 Å². The summed E-state index contributed by atoms with van der Waals surface area (Å²) >= 11 is 3.27. The Morgan fingerprint density at radius 3 is 2.65 bits per heavy atom. The topological polar surface area (TPSA) is 81.4 Å². The zero-order chi connectivity index (χ0) is 15.3. The van der Waals surface area contributed by atoms with Gasteiger partial charge in [-0.05, 0) is 31.0 Å². The lowest BCUT2D eigenvalue weighted by Crippen LogP contribution is -2.38. The molecule has 0 aliphatic rings. The number of benzene rings is 1. The lowest BCUT2D eigenvalue weighted by atomic mass is 10.2. The molecule has 1 aromatic carbocycles. The van der Waals surface area contributed by atoms with Crippen LogP contribution in [0.25, 0.3) is 0 Å². The molecule has 0 fully saturated rings. The molecule has 114 valence electrons. The molecule has 0 saturated heterocycles. The molecule has 0 aliphatic carbocycles. The number of anilines is 1. The van der Waals surface area contributed by atoms with E-state index in [0.717, 1.165) is 12.8 Å². The van der Waals surface area contributed by atoms with Gasteiger partial charge < -0.3 is 10.5 Å². The summed E-state index contributed by atoms with van der Waals surface area (Å²) in [6, 6.07) is 3.01. The van der Waals surface area contributed by atoms with Gasteiger partial charge >= 0.3 is 0 Å². The van der Waals surface area contributed by atoms with Crippen LogP contribution in [-0.4, -0.2) is 28.2 Å². The molecule has 20 heavy (non-hydrogen) atoms. The first-order chi connectivity index (χ1) is 9.31. The number of methoxy groups -OCH3 is 1. The van der Waals surface area contributed by atoms with Gasteiger partial charge in [0, 0.05) is 23.3 Å². The summed E-state index contributed by atoms with van der Waals surface area (Å²) in [5.74, 6) is 0. The van der Waals surface area contributed by atoms with Crippen LogP contribution in [0.2, 0.25) is 0 Å². The van der Waals surface area contributed by atoms with Crippen molar-refractivity contribution in [2.24, 2.45) is 0 Å². The highest BCUT2D eigenvalue weighted by Gasteiger charge is 2.22. The maximum atomic E-state index is 12.5. The van der Waals surface area contributed by atoms with Gasteiger partial charge in [-0.1, -0.05) is 29.3 Å². The number of nitrogen functional groups attached to an aromatic ring is 1. The molecule has 0 heterocycles. The standard InChI is InChI=1S/C13H21BrN2O3S/c1-4-5-11(8-19-3)16-20(17,18)13-7-10(14)6-12(15)9(13)2/h6-7,11,16H,4-5,8,15H2,1-3H3. The molecule has 0 amide bonds. The van der Waals surface area contributed by atoms with Gasteiger partial charge in [0.2, 0.25) is 10.0 Å². The number of sulfonamides is 1. The van der Waals surface area contributed by atoms with Crippen molar-refractivity contribution in [2.75, 3.05) is 19.5 Å². The van der Waals surface area contributed by atoms with Crippen molar-refractivity contribution < 1.29 is 13.2 Å². The Hall–Kier alpha value is -0.630. The second kappa shape index (κ2) is 7.40. The largest absolute Gasteiger partial charge is 0.398 e. The van der Waals surface area contributed by atoms with Crippen molar-refractivity contribution in [3.8, 4) is 0 Å². The highest BCUT2D eigenvalue weighted by Crippen LogP contribution is 2.26. The van der Waals surface area contributed by atoms with E-state index in [2.05, 4.69) is 20.7 Å². The molecule has 3 N–H and O–H groups in total. The van der Waals surface area contributed by atoms with E-state index in [1.54, 1.807) is 26.2 Å². The highest BCUT2D eigenvalue weighted by molar-refractivity contribution is 9.10. The number of ether oxygens (including phenoxy) is 1. The van der Waals surface area contributed by atoms with E-state index >= 15 is 0 Å². The Morgan fingerprint density at radius 1 is 1.45 bits per heavy atom. The smallest absolute Gasteiger partial charge is 0.241 e. The van der Waals surface area contributed by atoms with E-state index in [-0.39, 0.29) is 10.9 Å².